The number of aromatic nitrogens is 4. The van der Waals surface area contributed by atoms with Gasteiger partial charge in [0.1, 0.15) is 18.7 Å². The monoisotopic (exact) mass is 393 g/mol. The van der Waals surface area contributed by atoms with Crippen LogP contribution in [0.1, 0.15) is 19.4 Å². The normalized spacial score (nSPS) is 11.7. The van der Waals surface area contributed by atoms with Crippen LogP contribution >= 0.6 is 0 Å². The van der Waals surface area contributed by atoms with Crippen LogP contribution in [0.25, 0.3) is 5.82 Å². The van der Waals surface area contributed by atoms with Gasteiger partial charge in [-0.25, -0.2) is 19.4 Å². The van der Waals surface area contributed by atoms with Crippen molar-refractivity contribution in [1.29, 1.82) is 0 Å². The SMILES string of the molecule is CC(C)[C@@H](NC(=O)Nc1ccccc1)C(=O)NCc1ccc(-n2cncn2)nc1. The summed E-state index contributed by atoms with van der Waals surface area (Å²) in [4.78, 5) is 33.0. The van der Waals surface area contributed by atoms with E-state index in [1.165, 1.54) is 6.33 Å². The van der Waals surface area contributed by atoms with E-state index >= 15 is 0 Å². The third-order valence-corrected chi connectivity index (χ3v) is 4.20. The predicted molar refractivity (Wildman–Crippen MR) is 108 cm³/mol. The molecule has 0 radical (unpaired) electrons. The van der Waals surface area contributed by atoms with Crippen LogP contribution in [0.15, 0.2) is 61.3 Å². The van der Waals surface area contributed by atoms with Crippen LogP contribution in [0.2, 0.25) is 0 Å². The second-order valence-electron chi connectivity index (χ2n) is 6.77. The maximum atomic E-state index is 12.6. The quantitative estimate of drug-likeness (QED) is 0.569. The largest absolute Gasteiger partial charge is 0.350 e. The number of amides is 3. The van der Waals surface area contributed by atoms with Gasteiger partial charge in [0.25, 0.3) is 0 Å². The van der Waals surface area contributed by atoms with E-state index in [2.05, 4.69) is 31.0 Å². The molecule has 0 saturated heterocycles. The molecule has 0 aliphatic heterocycles. The number of carbonyl (C=O) groups is 2. The molecule has 3 N–H and O–H groups in total. The summed E-state index contributed by atoms with van der Waals surface area (Å²) in [6.07, 6.45) is 4.66. The van der Waals surface area contributed by atoms with E-state index in [1.54, 1.807) is 35.4 Å². The number of rotatable bonds is 7. The van der Waals surface area contributed by atoms with Gasteiger partial charge in [-0.15, -0.1) is 0 Å². The molecule has 1 atom stereocenters. The van der Waals surface area contributed by atoms with Crippen molar-refractivity contribution in [3.63, 3.8) is 0 Å². The third-order valence-electron chi connectivity index (χ3n) is 4.20. The van der Waals surface area contributed by atoms with E-state index in [9.17, 15) is 9.59 Å². The van der Waals surface area contributed by atoms with Crippen molar-refractivity contribution in [3.8, 4) is 5.82 Å². The van der Waals surface area contributed by atoms with E-state index in [-0.39, 0.29) is 11.8 Å². The third kappa shape index (κ3) is 5.61. The highest BCUT2D eigenvalue weighted by molar-refractivity contribution is 5.93. The zero-order valence-corrected chi connectivity index (χ0v) is 16.2. The number of benzene rings is 1. The zero-order chi connectivity index (χ0) is 20.6. The van der Waals surface area contributed by atoms with Crippen LogP contribution in [-0.2, 0) is 11.3 Å². The molecule has 0 fully saturated rings. The van der Waals surface area contributed by atoms with Gasteiger partial charge in [0.05, 0.1) is 0 Å². The number of para-hydroxylation sites is 1. The maximum Gasteiger partial charge on any atom is 0.319 e. The summed E-state index contributed by atoms with van der Waals surface area (Å²) in [5, 5.41) is 12.3. The Morgan fingerprint density at radius 3 is 2.52 bits per heavy atom. The standard InChI is InChI=1S/C20H23N7O2/c1-14(2)18(26-20(29)25-16-6-4-3-5-7-16)19(28)23-11-15-8-9-17(22-10-15)27-13-21-12-24-27/h3-10,12-14,18H,11H2,1-2H3,(H,23,28)(H2,25,26,29)/t18-/m1/s1. The molecule has 0 bridgehead atoms. The fourth-order valence-corrected chi connectivity index (χ4v) is 2.65. The highest BCUT2D eigenvalue weighted by Crippen LogP contribution is 2.08. The number of urea groups is 1. The van der Waals surface area contributed by atoms with Crippen LogP contribution in [0, 0.1) is 5.92 Å². The van der Waals surface area contributed by atoms with Gasteiger partial charge < -0.3 is 16.0 Å². The van der Waals surface area contributed by atoms with Crippen molar-refractivity contribution in [2.24, 2.45) is 5.92 Å². The smallest absolute Gasteiger partial charge is 0.319 e. The minimum atomic E-state index is -0.666. The topological polar surface area (TPSA) is 114 Å². The van der Waals surface area contributed by atoms with E-state index < -0.39 is 12.1 Å². The molecule has 2 aromatic heterocycles. The Balaban J connectivity index is 1.54. The number of pyridine rings is 1. The highest BCUT2D eigenvalue weighted by Gasteiger charge is 2.24. The molecule has 3 amide bonds. The minimum absolute atomic E-state index is 0.0793. The molecule has 0 spiro atoms. The number of hydrogen-bond donors (Lipinski definition) is 3. The van der Waals surface area contributed by atoms with E-state index in [1.807, 2.05) is 38.1 Å². The average molecular weight is 393 g/mol. The van der Waals surface area contributed by atoms with Gasteiger partial charge in [-0.3, -0.25) is 4.79 Å². The Bertz CT molecular complexity index is 925. The lowest BCUT2D eigenvalue weighted by Crippen LogP contribution is -2.50. The first-order valence-corrected chi connectivity index (χ1v) is 9.23. The molecule has 3 aromatic rings. The fraction of sp³-hybridized carbons (Fsp3) is 0.250. The minimum Gasteiger partial charge on any atom is -0.350 e. The second kappa shape index (κ2) is 9.45. The molecular formula is C20H23N7O2. The number of hydrogen-bond acceptors (Lipinski definition) is 5. The van der Waals surface area contributed by atoms with Crippen LogP contribution in [0.5, 0.6) is 0 Å². The van der Waals surface area contributed by atoms with Crippen LogP contribution in [0.3, 0.4) is 0 Å². The number of nitrogens with zero attached hydrogens (tertiary/aromatic N) is 4. The Kier molecular flexibility index (Phi) is 6.51. The zero-order valence-electron chi connectivity index (χ0n) is 16.2. The summed E-state index contributed by atoms with van der Waals surface area (Å²) in [5.74, 6) is 0.296. The lowest BCUT2D eigenvalue weighted by molar-refractivity contribution is -0.124. The summed E-state index contributed by atoms with van der Waals surface area (Å²) in [5.41, 5.74) is 1.49. The van der Waals surface area contributed by atoms with Gasteiger partial charge in [-0.2, -0.15) is 5.10 Å². The molecule has 9 heteroatoms. The van der Waals surface area contributed by atoms with Crippen molar-refractivity contribution in [2.45, 2.75) is 26.4 Å². The number of nitrogens with one attached hydrogen (secondary N) is 3. The van der Waals surface area contributed by atoms with Gasteiger partial charge >= 0.3 is 6.03 Å². The Morgan fingerprint density at radius 1 is 1.10 bits per heavy atom. The van der Waals surface area contributed by atoms with Gasteiger partial charge in [0.15, 0.2) is 5.82 Å². The fourth-order valence-electron chi connectivity index (χ4n) is 2.65. The first kappa shape index (κ1) is 20.0. The molecule has 1 aromatic carbocycles. The molecule has 29 heavy (non-hydrogen) atoms. The van der Waals surface area contributed by atoms with Crippen molar-refractivity contribution >= 4 is 17.6 Å². The van der Waals surface area contributed by atoms with Crippen molar-refractivity contribution in [1.82, 2.24) is 30.4 Å². The van der Waals surface area contributed by atoms with Gasteiger partial charge in [0, 0.05) is 18.4 Å². The Morgan fingerprint density at radius 2 is 1.90 bits per heavy atom. The van der Waals surface area contributed by atoms with Crippen molar-refractivity contribution in [3.05, 3.63) is 66.9 Å². The summed E-state index contributed by atoms with van der Waals surface area (Å²) in [7, 11) is 0. The molecule has 9 nitrogen and oxygen atoms in total. The van der Waals surface area contributed by atoms with Gasteiger partial charge in [-0.1, -0.05) is 38.1 Å². The molecule has 0 saturated carbocycles. The van der Waals surface area contributed by atoms with E-state index in [0.717, 1.165) is 5.56 Å². The highest BCUT2D eigenvalue weighted by atomic mass is 16.2. The summed E-state index contributed by atoms with van der Waals surface area (Å²) in [6, 6.07) is 11.6. The first-order chi connectivity index (χ1) is 14.0. The molecule has 3 rings (SSSR count). The van der Waals surface area contributed by atoms with E-state index in [0.29, 0.717) is 18.1 Å². The maximum absolute atomic E-state index is 12.6. The first-order valence-electron chi connectivity index (χ1n) is 9.23. The Labute approximate surface area is 168 Å². The molecule has 0 aliphatic carbocycles. The molecule has 0 unspecified atom stereocenters. The lowest BCUT2D eigenvalue weighted by atomic mass is 10.0. The summed E-state index contributed by atoms with van der Waals surface area (Å²) < 4.78 is 1.55. The number of carbonyl (C=O) groups excluding carboxylic acids is 2. The molecule has 0 aliphatic rings. The van der Waals surface area contributed by atoms with Crippen LogP contribution < -0.4 is 16.0 Å². The average Bonchev–Trinajstić information content (AvgIpc) is 3.26. The number of anilines is 1. The summed E-state index contributed by atoms with van der Waals surface area (Å²) >= 11 is 0. The Hall–Kier alpha value is -3.75. The molecular weight excluding hydrogens is 370 g/mol. The lowest BCUT2D eigenvalue weighted by Gasteiger charge is -2.22. The van der Waals surface area contributed by atoms with Crippen molar-refractivity contribution in [2.75, 3.05) is 5.32 Å². The second-order valence-corrected chi connectivity index (χ2v) is 6.77. The predicted octanol–water partition coefficient (Wildman–Crippen LogP) is 2.12. The molecule has 2 heterocycles. The van der Waals surface area contributed by atoms with E-state index in [4.69, 9.17) is 0 Å². The molecule has 150 valence electrons. The van der Waals surface area contributed by atoms with Crippen LogP contribution in [-0.4, -0.2) is 37.7 Å². The van der Waals surface area contributed by atoms with Gasteiger partial charge in [-0.05, 0) is 29.7 Å². The van der Waals surface area contributed by atoms with Gasteiger partial charge in [0.2, 0.25) is 5.91 Å². The van der Waals surface area contributed by atoms with Crippen molar-refractivity contribution < 1.29 is 9.59 Å². The summed E-state index contributed by atoms with van der Waals surface area (Å²) in [6.45, 7) is 4.05. The van der Waals surface area contributed by atoms with Crippen LogP contribution in [0.4, 0.5) is 10.5 Å².